The Kier molecular flexibility index (Phi) is 6.33. The standard InChI is InChI=1S/C16H23ClN2O2/c17-12-8-9-15(14(18)11-12)19-16(20)7-4-10-21-13-5-2-1-3-6-13/h8-9,11,13H,1-7,10,18H2,(H,19,20). The van der Waals surface area contributed by atoms with E-state index in [4.69, 9.17) is 22.1 Å². The molecule has 0 aromatic heterocycles. The first-order valence-electron chi connectivity index (χ1n) is 7.61. The van der Waals surface area contributed by atoms with E-state index in [-0.39, 0.29) is 5.91 Å². The first-order valence-corrected chi connectivity index (χ1v) is 7.99. The molecule has 0 atom stereocenters. The van der Waals surface area contributed by atoms with Gasteiger partial charge in [0.1, 0.15) is 0 Å². The number of hydrogen-bond acceptors (Lipinski definition) is 3. The highest BCUT2D eigenvalue weighted by Crippen LogP contribution is 2.23. The quantitative estimate of drug-likeness (QED) is 0.617. The van der Waals surface area contributed by atoms with E-state index in [1.165, 1.54) is 19.3 Å². The van der Waals surface area contributed by atoms with Crippen LogP contribution in [0.15, 0.2) is 18.2 Å². The van der Waals surface area contributed by atoms with Crippen molar-refractivity contribution in [3.63, 3.8) is 0 Å². The summed E-state index contributed by atoms with van der Waals surface area (Å²) in [5.41, 5.74) is 6.89. The van der Waals surface area contributed by atoms with Crippen molar-refractivity contribution < 1.29 is 9.53 Å². The molecule has 1 amide bonds. The van der Waals surface area contributed by atoms with Crippen LogP contribution in [0.1, 0.15) is 44.9 Å². The van der Waals surface area contributed by atoms with Gasteiger partial charge >= 0.3 is 0 Å². The number of anilines is 2. The Balaban J connectivity index is 1.65. The molecule has 1 fully saturated rings. The highest BCUT2D eigenvalue weighted by atomic mass is 35.5. The normalized spacial score (nSPS) is 15.9. The third-order valence-corrected chi connectivity index (χ3v) is 3.98. The van der Waals surface area contributed by atoms with Crippen LogP contribution in [-0.4, -0.2) is 18.6 Å². The second-order valence-electron chi connectivity index (χ2n) is 5.51. The van der Waals surface area contributed by atoms with Crippen molar-refractivity contribution in [1.29, 1.82) is 0 Å². The number of carbonyl (C=O) groups is 1. The zero-order chi connectivity index (χ0) is 15.1. The number of halogens is 1. The molecule has 1 aromatic carbocycles. The molecule has 0 saturated heterocycles. The summed E-state index contributed by atoms with van der Waals surface area (Å²) in [4.78, 5) is 11.8. The minimum atomic E-state index is -0.0451. The molecule has 0 bridgehead atoms. The largest absolute Gasteiger partial charge is 0.397 e. The highest BCUT2D eigenvalue weighted by Gasteiger charge is 2.13. The highest BCUT2D eigenvalue weighted by molar-refractivity contribution is 6.31. The third-order valence-electron chi connectivity index (χ3n) is 3.74. The second-order valence-corrected chi connectivity index (χ2v) is 5.95. The van der Waals surface area contributed by atoms with Crippen molar-refractivity contribution in [3.05, 3.63) is 23.2 Å². The van der Waals surface area contributed by atoms with Gasteiger partial charge in [-0.15, -0.1) is 0 Å². The van der Waals surface area contributed by atoms with Crippen LogP contribution >= 0.6 is 11.6 Å². The molecule has 1 aliphatic rings. The SMILES string of the molecule is Nc1cc(Cl)ccc1NC(=O)CCCOC1CCCCC1. The van der Waals surface area contributed by atoms with Gasteiger partial charge < -0.3 is 15.8 Å². The average molecular weight is 311 g/mol. The smallest absolute Gasteiger partial charge is 0.224 e. The molecule has 116 valence electrons. The zero-order valence-corrected chi connectivity index (χ0v) is 13.0. The molecule has 1 aromatic rings. The molecule has 0 radical (unpaired) electrons. The number of nitrogens with two attached hydrogens (primary N) is 1. The van der Waals surface area contributed by atoms with E-state index in [2.05, 4.69) is 5.32 Å². The van der Waals surface area contributed by atoms with Gasteiger partial charge in [0.2, 0.25) is 5.91 Å². The lowest BCUT2D eigenvalue weighted by Crippen LogP contribution is -2.18. The maximum Gasteiger partial charge on any atom is 0.224 e. The van der Waals surface area contributed by atoms with E-state index >= 15 is 0 Å². The third kappa shape index (κ3) is 5.56. The van der Waals surface area contributed by atoms with Crippen LogP contribution in [0.4, 0.5) is 11.4 Å². The Hall–Kier alpha value is -1.26. The molecule has 3 N–H and O–H groups in total. The predicted molar refractivity (Wildman–Crippen MR) is 86.6 cm³/mol. The molecular formula is C16H23ClN2O2. The fourth-order valence-electron chi connectivity index (χ4n) is 2.57. The number of hydrogen-bond donors (Lipinski definition) is 2. The molecule has 2 rings (SSSR count). The van der Waals surface area contributed by atoms with E-state index in [1.807, 2.05) is 0 Å². The van der Waals surface area contributed by atoms with E-state index in [9.17, 15) is 4.79 Å². The number of rotatable bonds is 6. The van der Waals surface area contributed by atoms with Crippen molar-refractivity contribution in [3.8, 4) is 0 Å². The number of benzene rings is 1. The van der Waals surface area contributed by atoms with Gasteiger partial charge in [-0.25, -0.2) is 0 Å². The fourth-order valence-corrected chi connectivity index (χ4v) is 2.76. The van der Waals surface area contributed by atoms with Gasteiger partial charge in [-0.3, -0.25) is 4.79 Å². The van der Waals surface area contributed by atoms with Crippen molar-refractivity contribution in [2.75, 3.05) is 17.7 Å². The first kappa shape index (κ1) is 16.1. The molecule has 0 unspecified atom stereocenters. The average Bonchev–Trinajstić information content (AvgIpc) is 2.48. The van der Waals surface area contributed by atoms with Gasteiger partial charge in [0.15, 0.2) is 0 Å². The Morgan fingerprint density at radius 2 is 2.10 bits per heavy atom. The molecule has 21 heavy (non-hydrogen) atoms. The van der Waals surface area contributed by atoms with Crippen molar-refractivity contribution in [2.24, 2.45) is 0 Å². The minimum Gasteiger partial charge on any atom is -0.397 e. The lowest BCUT2D eigenvalue weighted by atomic mass is 9.98. The molecule has 1 aliphatic carbocycles. The molecule has 0 aliphatic heterocycles. The number of ether oxygens (including phenoxy) is 1. The van der Waals surface area contributed by atoms with Gasteiger partial charge in [-0.2, -0.15) is 0 Å². The van der Waals surface area contributed by atoms with Crippen molar-refractivity contribution in [1.82, 2.24) is 0 Å². The van der Waals surface area contributed by atoms with E-state index < -0.39 is 0 Å². The van der Waals surface area contributed by atoms with Crippen molar-refractivity contribution in [2.45, 2.75) is 51.0 Å². The molecular weight excluding hydrogens is 288 g/mol. The summed E-state index contributed by atoms with van der Waals surface area (Å²) >= 11 is 5.82. The molecule has 0 heterocycles. The Morgan fingerprint density at radius 3 is 2.81 bits per heavy atom. The summed E-state index contributed by atoms with van der Waals surface area (Å²) in [7, 11) is 0. The number of nitrogens with one attached hydrogen (secondary N) is 1. The molecule has 4 nitrogen and oxygen atoms in total. The van der Waals surface area contributed by atoms with Gasteiger partial charge in [0.05, 0.1) is 17.5 Å². The summed E-state index contributed by atoms with van der Waals surface area (Å²) in [6, 6.07) is 5.05. The van der Waals surface area contributed by atoms with Crippen LogP contribution in [0, 0.1) is 0 Å². The van der Waals surface area contributed by atoms with Crippen LogP contribution in [0.2, 0.25) is 5.02 Å². The summed E-state index contributed by atoms with van der Waals surface area (Å²) in [6.45, 7) is 0.647. The van der Waals surface area contributed by atoms with E-state index in [0.29, 0.717) is 35.5 Å². The number of carbonyl (C=O) groups excluding carboxylic acids is 1. The van der Waals surface area contributed by atoms with E-state index in [0.717, 1.165) is 19.3 Å². The van der Waals surface area contributed by atoms with Gasteiger partial charge in [-0.05, 0) is 37.5 Å². The van der Waals surface area contributed by atoms with Crippen LogP contribution in [0.5, 0.6) is 0 Å². The summed E-state index contributed by atoms with van der Waals surface area (Å²) in [6.07, 6.45) is 7.74. The Bertz CT molecular complexity index is 473. The Morgan fingerprint density at radius 1 is 1.33 bits per heavy atom. The van der Waals surface area contributed by atoms with E-state index in [1.54, 1.807) is 18.2 Å². The molecule has 0 spiro atoms. The van der Waals surface area contributed by atoms with Gasteiger partial charge in [0.25, 0.3) is 0 Å². The molecule has 5 heteroatoms. The maximum atomic E-state index is 11.8. The minimum absolute atomic E-state index is 0.0451. The lowest BCUT2D eigenvalue weighted by molar-refractivity contribution is -0.116. The topological polar surface area (TPSA) is 64.3 Å². The summed E-state index contributed by atoms with van der Waals surface area (Å²) < 4.78 is 5.80. The predicted octanol–water partition coefficient (Wildman–Crippen LogP) is 3.99. The zero-order valence-electron chi connectivity index (χ0n) is 12.2. The van der Waals surface area contributed by atoms with Crippen LogP contribution in [-0.2, 0) is 9.53 Å². The van der Waals surface area contributed by atoms with Crippen LogP contribution in [0.25, 0.3) is 0 Å². The van der Waals surface area contributed by atoms with Gasteiger partial charge in [0, 0.05) is 18.1 Å². The number of amides is 1. The monoisotopic (exact) mass is 310 g/mol. The Labute approximate surface area is 131 Å². The molecule has 1 saturated carbocycles. The van der Waals surface area contributed by atoms with Crippen LogP contribution < -0.4 is 11.1 Å². The van der Waals surface area contributed by atoms with Gasteiger partial charge in [-0.1, -0.05) is 30.9 Å². The lowest BCUT2D eigenvalue weighted by Gasteiger charge is -2.21. The number of nitrogen functional groups attached to an aromatic ring is 1. The fraction of sp³-hybridized carbons (Fsp3) is 0.562. The van der Waals surface area contributed by atoms with Crippen LogP contribution in [0.3, 0.4) is 0 Å². The summed E-state index contributed by atoms with van der Waals surface area (Å²) in [5.74, 6) is -0.0451. The summed E-state index contributed by atoms with van der Waals surface area (Å²) in [5, 5.41) is 3.36. The van der Waals surface area contributed by atoms with Crippen molar-refractivity contribution >= 4 is 28.9 Å². The second kappa shape index (κ2) is 8.25. The first-order chi connectivity index (χ1) is 10.1. The maximum absolute atomic E-state index is 11.8.